The highest BCUT2D eigenvalue weighted by Gasteiger charge is 2.23. The Morgan fingerprint density at radius 2 is 2.21 bits per heavy atom. The molecule has 0 saturated heterocycles. The van der Waals surface area contributed by atoms with Crippen LogP contribution >= 0.6 is 24.0 Å². The van der Waals surface area contributed by atoms with Crippen LogP contribution in [0.1, 0.15) is 54.9 Å². The van der Waals surface area contributed by atoms with Crippen molar-refractivity contribution in [2.45, 2.75) is 65.6 Å². The normalized spacial score (nSPS) is 17.4. The lowest BCUT2D eigenvalue weighted by Gasteiger charge is -2.25. The molecule has 1 aliphatic rings. The SMILES string of the molecule is CCNC(=NCC(C)c1c(C)noc1C)NC1CCc2nc(COC)nn2C1.I. The van der Waals surface area contributed by atoms with Gasteiger partial charge in [-0.1, -0.05) is 12.1 Å². The minimum Gasteiger partial charge on any atom is -0.377 e. The Hall–Kier alpha value is -1.69. The first-order valence-corrected chi connectivity index (χ1v) is 9.90. The topological polar surface area (TPSA) is 102 Å². The summed E-state index contributed by atoms with van der Waals surface area (Å²) in [6, 6.07) is 0.261. The molecule has 3 rings (SSSR count). The van der Waals surface area contributed by atoms with E-state index >= 15 is 0 Å². The number of halogens is 1. The van der Waals surface area contributed by atoms with Crippen LogP contribution in [0.15, 0.2) is 9.52 Å². The number of ether oxygens (including phenoxy) is 1. The summed E-state index contributed by atoms with van der Waals surface area (Å²) < 4.78 is 12.4. The van der Waals surface area contributed by atoms with E-state index < -0.39 is 0 Å². The molecule has 3 heterocycles. The van der Waals surface area contributed by atoms with Gasteiger partial charge in [0.1, 0.15) is 18.2 Å². The summed E-state index contributed by atoms with van der Waals surface area (Å²) in [5, 5.41) is 15.5. The molecule has 0 saturated carbocycles. The third-order valence-corrected chi connectivity index (χ3v) is 4.97. The number of hydrogen-bond donors (Lipinski definition) is 2. The molecule has 162 valence electrons. The number of aromatic nitrogens is 4. The quantitative estimate of drug-likeness (QED) is 0.330. The molecule has 0 bridgehead atoms. The van der Waals surface area contributed by atoms with E-state index in [-0.39, 0.29) is 35.9 Å². The van der Waals surface area contributed by atoms with Gasteiger partial charge in [0.05, 0.1) is 12.2 Å². The Morgan fingerprint density at radius 3 is 2.86 bits per heavy atom. The standard InChI is InChI=1S/C19H31N7O2.HI/c1-6-20-19(21-9-12(2)18-13(3)25-28-14(18)4)22-15-7-8-17-23-16(11-27-5)24-26(17)10-15;/h12,15H,6-11H2,1-5H3,(H2,20,21,22);1H. The summed E-state index contributed by atoms with van der Waals surface area (Å²) >= 11 is 0. The highest BCUT2D eigenvalue weighted by atomic mass is 127. The smallest absolute Gasteiger partial charge is 0.191 e. The number of nitrogens with zero attached hydrogens (tertiary/aromatic N) is 5. The molecule has 2 aromatic rings. The molecule has 29 heavy (non-hydrogen) atoms. The highest BCUT2D eigenvalue weighted by molar-refractivity contribution is 14.0. The number of nitrogens with one attached hydrogen (secondary N) is 2. The van der Waals surface area contributed by atoms with Crippen molar-refractivity contribution in [2.24, 2.45) is 4.99 Å². The van der Waals surface area contributed by atoms with E-state index in [0.717, 1.165) is 60.6 Å². The maximum atomic E-state index is 5.29. The van der Waals surface area contributed by atoms with Crippen molar-refractivity contribution in [1.29, 1.82) is 0 Å². The minimum atomic E-state index is 0. The van der Waals surface area contributed by atoms with Crippen LogP contribution in [0.3, 0.4) is 0 Å². The van der Waals surface area contributed by atoms with Gasteiger partial charge < -0.3 is 19.9 Å². The zero-order valence-electron chi connectivity index (χ0n) is 17.9. The molecule has 2 atom stereocenters. The summed E-state index contributed by atoms with van der Waals surface area (Å²) in [6.07, 6.45) is 1.89. The van der Waals surface area contributed by atoms with Crippen LogP contribution in [0, 0.1) is 13.8 Å². The fourth-order valence-electron chi connectivity index (χ4n) is 3.70. The second-order valence-corrected chi connectivity index (χ2v) is 7.30. The number of aliphatic imine (C=N–C) groups is 1. The summed E-state index contributed by atoms with van der Waals surface area (Å²) in [4.78, 5) is 9.33. The number of fused-ring (bicyclic) bond motifs is 1. The summed E-state index contributed by atoms with van der Waals surface area (Å²) in [5.41, 5.74) is 2.09. The molecule has 0 fully saturated rings. The van der Waals surface area contributed by atoms with Crippen LogP contribution in [-0.4, -0.2) is 52.1 Å². The summed E-state index contributed by atoms with van der Waals surface area (Å²) in [7, 11) is 1.66. The Morgan fingerprint density at radius 1 is 1.41 bits per heavy atom. The van der Waals surface area contributed by atoms with Crippen molar-refractivity contribution in [3.63, 3.8) is 0 Å². The van der Waals surface area contributed by atoms with E-state index in [1.165, 1.54) is 0 Å². The monoisotopic (exact) mass is 517 g/mol. The van der Waals surface area contributed by atoms with Crippen LogP contribution in [0.25, 0.3) is 0 Å². The first kappa shape index (κ1) is 23.6. The van der Waals surface area contributed by atoms with E-state index in [2.05, 4.69) is 39.7 Å². The zero-order valence-corrected chi connectivity index (χ0v) is 20.2. The van der Waals surface area contributed by atoms with Gasteiger partial charge in [0.15, 0.2) is 11.8 Å². The molecule has 2 aromatic heterocycles. The first-order chi connectivity index (χ1) is 13.5. The lowest BCUT2D eigenvalue weighted by atomic mass is 10.00. The molecule has 0 aliphatic carbocycles. The van der Waals surface area contributed by atoms with Gasteiger partial charge in [-0.05, 0) is 27.2 Å². The third-order valence-electron chi connectivity index (χ3n) is 4.97. The number of aryl methyl sites for hydroxylation is 3. The van der Waals surface area contributed by atoms with Crippen molar-refractivity contribution < 1.29 is 9.26 Å². The Labute approximate surface area is 189 Å². The van der Waals surface area contributed by atoms with E-state index in [0.29, 0.717) is 13.2 Å². The Kier molecular flexibility index (Phi) is 8.87. The van der Waals surface area contributed by atoms with Gasteiger partial charge in [0.2, 0.25) is 0 Å². The van der Waals surface area contributed by atoms with Gasteiger partial charge >= 0.3 is 0 Å². The van der Waals surface area contributed by atoms with Gasteiger partial charge in [-0.2, -0.15) is 5.10 Å². The number of hydrogen-bond acceptors (Lipinski definition) is 6. The number of methoxy groups -OCH3 is 1. The lowest BCUT2D eigenvalue weighted by molar-refractivity contribution is 0.177. The number of guanidine groups is 1. The van der Waals surface area contributed by atoms with Crippen LogP contribution in [0.2, 0.25) is 0 Å². The van der Waals surface area contributed by atoms with Crippen molar-refractivity contribution in [3.8, 4) is 0 Å². The molecule has 2 unspecified atom stereocenters. The van der Waals surface area contributed by atoms with Gasteiger partial charge in [0, 0.05) is 44.1 Å². The molecule has 9 nitrogen and oxygen atoms in total. The average molecular weight is 517 g/mol. The molecule has 10 heteroatoms. The Bertz CT molecular complexity index is 798. The predicted octanol–water partition coefficient (Wildman–Crippen LogP) is 2.32. The Balaban J connectivity index is 0.00000300. The maximum absolute atomic E-state index is 5.29. The van der Waals surface area contributed by atoms with E-state index in [1.54, 1.807) is 7.11 Å². The second-order valence-electron chi connectivity index (χ2n) is 7.30. The molecular weight excluding hydrogens is 485 g/mol. The lowest BCUT2D eigenvalue weighted by Crippen LogP contribution is -2.47. The van der Waals surface area contributed by atoms with Gasteiger partial charge in [-0.15, -0.1) is 24.0 Å². The van der Waals surface area contributed by atoms with Crippen molar-refractivity contribution in [1.82, 2.24) is 30.6 Å². The van der Waals surface area contributed by atoms with Crippen molar-refractivity contribution >= 4 is 29.9 Å². The molecule has 2 N–H and O–H groups in total. The molecule has 0 aromatic carbocycles. The van der Waals surface area contributed by atoms with E-state index in [1.807, 2.05) is 18.5 Å². The second kappa shape index (κ2) is 10.9. The van der Waals surface area contributed by atoms with Crippen LogP contribution < -0.4 is 10.6 Å². The van der Waals surface area contributed by atoms with Crippen LogP contribution in [-0.2, 0) is 24.3 Å². The van der Waals surface area contributed by atoms with Crippen LogP contribution in [0.5, 0.6) is 0 Å². The van der Waals surface area contributed by atoms with Gasteiger partial charge in [-0.3, -0.25) is 4.99 Å². The third kappa shape index (κ3) is 5.91. The number of rotatable bonds is 7. The minimum absolute atomic E-state index is 0. The fraction of sp³-hybridized carbons (Fsp3) is 0.684. The molecule has 0 spiro atoms. The highest BCUT2D eigenvalue weighted by Crippen LogP contribution is 2.23. The van der Waals surface area contributed by atoms with E-state index in [9.17, 15) is 0 Å². The van der Waals surface area contributed by atoms with Crippen molar-refractivity contribution in [2.75, 3.05) is 20.2 Å². The first-order valence-electron chi connectivity index (χ1n) is 9.90. The largest absolute Gasteiger partial charge is 0.377 e. The predicted molar refractivity (Wildman–Crippen MR) is 122 cm³/mol. The van der Waals surface area contributed by atoms with Crippen molar-refractivity contribution in [3.05, 3.63) is 28.7 Å². The molecule has 1 aliphatic heterocycles. The summed E-state index contributed by atoms with van der Waals surface area (Å²) in [5.74, 6) is 3.71. The maximum Gasteiger partial charge on any atom is 0.191 e. The molecule has 0 amide bonds. The van der Waals surface area contributed by atoms with Crippen LogP contribution in [0.4, 0.5) is 0 Å². The van der Waals surface area contributed by atoms with Gasteiger partial charge in [-0.25, -0.2) is 9.67 Å². The molecular formula is C19H32IN7O2. The average Bonchev–Trinajstić information content (AvgIpc) is 3.22. The molecule has 0 radical (unpaired) electrons. The fourth-order valence-corrected chi connectivity index (χ4v) is 3.70. The zero-order chi connectivity index (χ0) is 20.1. The van der Waals surface area contributed by atoms with E-state index in [4.69, 9.17) is 14.3 Å². The summed E-state index contributed by atoms with van der Waals surface area (Å²) in [6.45, 7) is 10.8. The van der Waals surface area contributed by atoms with Gasteiger partial charge in [0.25, 0.3) is 0 Å².